The van der Waals surface area contributed by atoms with Gasteiger partial charge in [0, 0.05) is 22.8 Å². The Morgan fingerprint density at radius 2 is 2.29 bits per heavy atom. The van der Waals surface area contributed by atoms with Gasteiger partial charge in [-0.05, 0) is 17.7 Å². The fourth-order valence-electron chi connectivity index (χ4n) is 1.98. The molecule has 2 heterocycles. The van der Waals surface area contributed by atoms with Gasteiger partial charge in [-0.25, -0.2) is 9.78 Å². The number of hydrogen-bond donors (Lipinski definition) is 1. The van der Waals surface area contributed by atoms with Gasteiger partial charge in [0.25, 0.3) is 0 Å². The highest BCUT2D eigenvalue weighted by molar-refractivity contribution is 7.13. The van der Waals surface area contributed by atoms with Crippen LogP contribution in [0.2, 0.25) is 5.02 Å². The van der Waals surface area contributed by atoms with Crippen molar-refractivity contribution in [3.63, 3.8) is 0 Å². The lowest BCUT2D eigenvalue weighted by atomic mass is 10.2. The summed E-state index contributed by atoms with van der Waals surface area (Å²) >= 11 is 7.31. The highest BCUT2D eigenvalue weighted by atomic mass is 35.5. The zero-order valence-corrected chi connectivity index (χ0v) is 12.3. The van der Waals surface area contributed by atoms with Crippen molar-refractivity contribution in [2.75, 3.05) is 0 Å². The summed E-state index contributed by atoms with van der Waals surface area (Å²) in [5, 5.41) is 16.7. The van der Waals surface area contributed by atoms with Gasteiger partial charge in [-0.2, -0.15) is 5.10 Å². The standard InChI is InChI=1S/C14H10ClN3O2S/c15-10-3-1-2-9(6-10)7-18-8-11(14(19)20)12(17-18)13-16-4-5-21-13/h1-6,8H,7H2,(H,19,20). The average Bonchev–Trinajstić information content (AvgIpc) is 3.06. The molecule has 106 valence electrons. The Bertz CT molecular complexity index is 783. The summed E-state index contributed by atoms with van der Waals surface area (Å²) in [5.41, 5.74) is 1.49. The first-order valence-electron chi connectivity index (χ1n) is 6.08. The average molecular weight is 320 g/mol. The monoisotopic (exact) mass is 319 g/mol. The molecule has 0 atom stereocenters. The number of hydrogen-bond acceptors (Lipinski definition) is 4. The van der Waals surface area contributed by atoms with E-state index in [0.29, 0.717) is 22.3 Å². The van der Waals surface area contributed by atoms with Gasteiger partial charge in [0.05, 0.1) is 6.54 Å². The van der Waals surface area contributed by atoms with Gasteiger partial charge in [-0.3, -0.25) is 4.68 Å². The third-order valence-corrected chi connectivity index (χ3v) is 3.88. The van der Waals surface area contributed by atoms with Crippen molar-refractivity contribution in [3.8, 4) is 10.7 Å². The third-order valence-electron chi connectivity index (χ3n) is 2.86. The number of nitrogens with zero attached hydrogens (tertiary/aromatic N) is 3. The Morgan fingerprint density at radius 3 is 2.95 bits per heavy atom. The summed E-state index contributed by atoms with van der Waals surface area (Å²) in [4.78, 5) is 15.5. The minimum atomic E-state index is -1.02. The molecule has 0 aliphatic heterocycles. The summed E-state index contributed by atoms with van der Waals surface area (Å²) in [6, 6.07) is 7.38. The van der Waals surface area contributed by atoms with Gasteiger partial charge in [0.15, 0.2) is 0 Å². The van der Waals surface area contributed by atoms with Crippen molar-refractivity contribution < 1.29 is 9.90 Å². The first-order chi connectivity index (χ1) is 10.1. The summed E-state index contributed by atoms with van der Waals surface area (Å²) in [6.07, 6.45) is 3.14. The Morgan fingerprint density at radius 1 is 1.43 bits per heavy atom. The molecule has 0 saturated carbocycles. The van der Waals surface area contributed by atoms with Crippen LogP contribution >= 0.6 is 22.9 Å². The number of carbonyl (C=O) groups is 1. The maximum absolute atomic E-state index is 11.3. The third kappa shape index (κ3) is 2.96. The molecule has 0 amide bonds. The molecular formula is C14H10ClN3O2S. The second kappa shape index (κ2) is 5.67. The predicted octanol–water partition coefficient (Wildman–Crippen LogP) is 3.41. The van der Waals surface area contributed by atoms with Crippen LogP contribution in [-0.4, -0.2) is 25.8 Å². The number of benzene rings is 1. The lowest BCUT2D eigenvalue weighted by Crippen LogP contribution is -2.00. The number of thiazole rings is 1. The number of aromatic carboxylic acids is 1. The molecular weight excluding hydrogens is 310 g/mol. The Kier molecular flexibility index (Phi) is 3.72. The van der Waals surface area contributed by atoms with Crippen molar-refractivity contribution in [1.82, 2.24) is 14.8 Å². The van der Waals surface area contributed by atoms with Crippen LogP contribution in [0.15, 0.2) is 42.0 Å². The first-order valence-corrected chi connectivity index (χ1v) is 7.34. The minimum Gasteiger partial charge on any atom is -0.478 e. The molecule has 0 bridgehead atoms. The fraction of sp³-hybridized carbons (Fsp3) is 0.0714. The normalized spacial score (nSPS) is 10.7. The van der Waals surface area contributed by atoms with E-state index in [1.807, 2.05) is 18.2 Å². The number of rotatable bonds is 4. The molecule has 0 radical (unpaired) electrons. The lowest BCUT2D eigenvalue weighted by Gasteiger charge is -2.01. The van der Waals surface area contributed by atoms with Gasteiger partial charge in [-0.1, -0.05) is 23.7 Å². The molecule has 0 spiro atoms. The van der Waals surface area contributed by atoms with Gasteiger partial charge in [-0.15, -0.1) is 11.3 Å². The van der Waals surface area contributed by atoms with Crippen molar-refractivity contribution in [1.29, 1.82) is 0 Å². The van der Waals surface area contributed by atoms with Crippen LogP contribution in [-0.2, 0) is 6.54 Å². The van der Waals surface area contributed by atoms with E-state index in [-0.39, 0.29) is 5.56 Å². The molecule has 7 heteroatoms. The lowest BCUT2D eigenvalue weighted by molar-refractivity contribution is 0.0697. The van der Waals surface area contributed by atoms with Crippen LogP contribution in [0.5, 0.6) is 0 Å². The van der Waals surface area contributed by atoms with E-state index in [2.05, 4.69) is 10.1 Å². The second-order valence-electron chi connectivity index (χ2n) is 4.36. The number of carboxylic acid groups (broad SMARTS) is 1. The topological polar surface area (TPSA) is 68.0 Å². The molecule has 21 heavy (non-hydrogen) atoms. The Labute approximate surface area is 129 Å². The predicted molar refractivity (Wildman–Crippen MR) is 80.8 cm³/mol. The van der Waals surface area contributed by atoms with Crippen LogP contribution in [0.25, 0.3) is 10.7 Å². The zero-order valence-electron chi connectivity index (χ0n) is 10.7. The molecule has 3 rings (SSSR count). The van der Waals surface area contributed by atoms with Crippen molar-refractivity contribution in [2.24, 2.45) is 0 Å². The van der Waals surface area contributed by atoms with Gasteiger partial charge in [0.2, 0.25) is 0 Å². The largest absolute Gasteiger partial charge is 0.478 e. The Balaban J connectivity index is 1.97. The van der Waals surface area contributed by atoms with Gasteiger partial charge in [0.1, 0.15) is 16.3 Å². The van der Waals surface area contributed by atoms with Gasteiger partial charge < -0.3 is 5.11 Å². The molecule has 0 fully saturated rings. The fourth-order valence-corrected chi connectivity index (χ4v) is 2.83. The summed E-state index contributed by atoms with van der Waals surface area (Å²) < 4.78 is 1.59. The van der Waals surface area contributed by atoms with Crippen LogP contribution in [0.4, 0.5) is 0 Å². The van der Waals surface area contributed by atoms with E-state index >= 15 is 0 Å². The van der Waals surface area contributed by atoms with Crippen LogP contribution in [0.3, 0.4) is 0 Å². The van der Waals surface area contributed by atoms with E-state index in [9.17, 15) is 9.90 Å². The first kappa shape index (κ1) is 13.8. The number of halogens is 1. The smallest absolute Gasteiger partial charge is 0.339 e. The molecule has 2 aromatic heterocycles. The molecule has 0 aliphatic rings. The molecule has 0 unspecified atom stereocenters. The zero-order chi connectivity index (χ0) is 14.8. The van der Waals surface area contributed by atoms with E-state index in [1.165, 1.54) is 17.5 Å². The van der Waals surface area contributed by atoms with Crippen LogP contribution in [0.1, 0.15) is 15.9 Å². The number of carboxylic acids is 1. The molecule has 1 N–H and O–H groups in total. The van der Waals surface area contributed by atoms with Gasteiger partial charge >= 0.3 is 5.97 Å². The van der Waals surface area contributed by atoms with E-state index in [0.717, 1.165) is 5.56 Å². The molecule has 0 saturated heterocycles. The highest BCUT2D eigenvalue weighted by Gasteiger charge is 2.18. The molecule has 3 aromatic rings. The van der Waals surface area contributed by atoms with Crippen LogP contribution < -0.4 is 0 Å². The molecule has 5 nitrogen and oxygen atoms in total. The summed E-state index contributed by atoms with van der Waals surface area (Å²) in [5.74, 6) is -1.02. The number of aromatic nitrogens is 3. The van der Waals surface area contributed by atoms with E-state index < -0.39 is 5.97 Å². The minimum absolute atomic E-state index is 0.145. The van der Waals surface area contributed by atoms with Crippen molar-refractivity contribution >= 4 is 28.9 Å². The maximum atomic E-state index is 11.3. The Hall–Kier alpha value is -2.18. The molecule has 0 aliphatic carbocycles. The molecule has 1 aromatic carbocycles. The maximum Gasteiger partial charge on any atom is 0.339 e. The van der Waals surface area contributed by atoms with Crippen molar-refractivity contribution in [2.45, 2.75) is 6.54 Å². The quantitative estimate of drug-likeness (QED) is 0.800. The summed E-state index contributed by atoms with van der Waals surface area (Å²) in [7, 11) is 0. The van der Waals surface area contributed by atoms with Crippen LogP contribution in [0, 0.1) is 0 Å². The van der Waals surface area contributed by atoms with E-state index in [4.69, 9.17) is 11.6 Å². The van der Waals surface area contributed by atoms with Crippen molar-refractivity contribution in [3.05, 3.63) is 58.2 Å². The highest BCUT2D eigenvalue weighted by Crippen LogP contribution is 2.24. The summed E-state index contributed by atoms with van der Waals surface area (Å²) in [6.45, 7) is 0.451. The SMILES string of the molecule is O=C(O)c1cn(Cc2cccc(Cl)c2)nc1-c1nccs1. The van der Waals surface area contributed by atoms with E-state index in [1.54, 1.807) is 22.3 Å². The second-order valence-corrected chi connectivity index (χ2v) is 5.69.